The topological polar surface area (TPSA) is 0 Å². The molecule has 0 aromatic rings. The molecule has 0 saturated heterocycles. The molecule has 0 aliphatic carbocycles. The Morgan fingerprint density at radius 1 is 0.929 bits per heavy atom. The van der Waals surface area contributed by atoms with E-state index in [4.69, 9.17) is 0 Å². The molecule has 0 atom stereocenters. The molecule has 0 saturated carbocycles. The fourth-order valence-electron chi connectivity index (χ4n) is 3.22. The highest BCUT2D eigenvalue weighted by atomic mass is 28.3. The molecular weight excluding hydrogens is 184 g/mol. The van der Waals surface area contributed by atoms with E-state index in [0.29, 0.717) is 0 Å². The molecule has 1 heteroatoms. The highest BCUT2D eigenvalue weighted by molar-refractivity contribution is 6.83. The van der Waals surface area contributed by atoms with Crippen molar-refractivity contribution >= 4 is 8.07 Å². The van der Waals surface area contributed by atoms with Crippen LogP contribution in [0.4, 0.5) is 0 Å². The van der Waals surface area contributed by atoms with Gasteiger partial charge in [-0.2, -0.15) is 0 Å². The van der Waals surface area contributed by atoms with Crippen LogP contribution in [0.5, 0.6) is 0 Å². The van der Waals surface area contributed by atoms with Crippen molar-refractivity contribution in [1.29, 1.82) is 0 Å². The van der Waals surface area contributed by atoms with Crippen LogP contribution < -0.4 is 0 Å². The minimum atomic E-state index is -1.12. The molecule has 0 aromatic carbocycles. The molecule has 0 aromatic heterocycles. The van der Waals surface area contributed by atoms with Crippen molar-refractivity contribution in [2.24, 2.45) is 0 Å². The zero-order valence-corrected chi connectivity index (χ0v) is 11.9. The van der Waals surface area contributed by atoms with E-state index in [-0.39, 0.29) is 0 Å². The number of rotatable bonds is 6. The van der Waals surface area contributed by atoms with Crippen LogP contribution in [0.15, 0.2) is 12.7 Å². The molecule has 0 nitrogen and oxygen atoms in total. The number of allylic oxidation sites excluding steroid dienone is 1. The third kappa shape index (κ3) is 2.72. The van der Waals surface area contributed by atoms with Gasteiger partial charge in [0.1, 0.15) is 0 Å². The van der Waals surface area contributed by atoms with Gasteiger partial charge >= 0.3 is 0 Å². The summed E-state index contributed by atoms with van der Waals surface area (Å²) in [4.78, 5) is 0. The Morgan fingerprint density at radius 3 is 1.50 bits per heavy atom. The first-order valence-electron chi connectivity index (χ1n) is 6.00. The van der Waals surface area contributed by atoms with Gasteiger partial charge in [0.05, 0.1) is 8.07 Å². The van der Waals surface area contributed by atoms with Crippen LogP contribution >= 0.6 is 0 Å². The SMILES string of the molecule is C=CCC[Si](C(C)C)(C(C)C)C(C)C. The highest BCUT2D eigenvalue weighted by Crippen LogP contribution is 2.45. The largest absolute Gasteiger partial charge is 0.103 e. The normalized spacial score (nSPS) is 12.9. The van der Waals surface area contributed by atoms with Gasteiger partial charge in [-0.15, -0.1) is 6.58 Å². The molecule has 0 heterocycles. The van der Waals surface area contributed by atoms with E-state index in [0.717, 1.165) is 16.6 Å². The van der Waals surface area contributed by atoms with E-state index in [2.05, 4.69) is 54.2 Å². The monoisotopic (exact) mass is 212 g/mol. The van der Waals surface area contributed by atoms with Gasteiger partial charge in [0.15, 0.2) is 0 Å². The van der Waals surface area contributed by atoms with Crippen LogP contribution in [0.2, 0.25) is 22.7 Å². The Balaban J connectivity index is 4.84. The Labute approximate surface area is 91.8 Å². The van der Waals surface area contributed by atoms with Crippen molar-refractivity contribution in [3.63, 3.8) is 0 Å². The van der Waals surface area contributed by atoms with Crippen molar-refractivity contribution < 1.29 is 0 Å². The van der Waals surface area contributed by atoms with Gasteiger partial charge in [-0.05, 0) is 6.42 Å². The molecule has 0 spiro atoms. The molecule has 0 unspecified atom stereocenters. The molecule has 0 aliphatic rings. The minimum Gasteiger partial charge on any atom is -0.103 e. The predicted molar refractivity (Wildman–Crippen MR) is 70.7 cm³/mol. The summed E-state index contributed by atoms with van der Waals surface area (Å²) in [5.74, 6) is 0. The van der Waals surface area contributed by atoms with Crippen molar-refractivity contribution in [3.8, 4) is 0 Å². The molecule has 0 rings (SSSR count). The number of hydrogen-bond acceptors (Lipinski definition) is 0. The zero-order valence-electron chi connectivity index (χ0n) is 10.9. The van der Waals surface area contributed by atoms with Crippen molar-refractivity contribution in [2.45, 2.75) is 70.6 Å². The van der Waals surface area contributed by atoms with E-state index in [1.165, 1.54) is 12.5 Å². The molecule has 84 valence electrons. The number of hydrogen-bond donors (Lipinski definition) is 0. The maximum Gasteiger partial charge on any atom is 0.0615 e. The van der Waals surface area contributed by atoms with Crippen molar-refractivity contribution in [1.82, 2.24) is 0 Å². The quantitative estimate of drug-likeness (QED) is 0.417. The molecule has 0 fully saturated rings. The molecule has 0 radical (unpaired) electrons. The van der Waals surface area contributed by atoms with Crippen molar-refractivity contribution in [2.75, 3.05) is 0 Å². The van der Waals surface area contributed by atoms with Crippen molar-refractivity contribution in [3.05, 3.63) is 12.7 Å². The smallest absolute Gasteiger partial charge is 0.0615 e. The molecule has 0 N–H and O–H groups in total. The lowest BCUT2D eigenvalue weighted by Gasteiger charge is -2.43. The summed E-state index contributed by atoms with van der Waals surface area (Å²) in [6.45, 7) is 18.4. The average Bonchev–Trinajstić information content (AvgIpc) is 2.03. The second-order valence-corrected chi connectivity index (χ2v) is 11.6. The summed E-state index contributed by atoms with van der Waals surface area (Å²) in [7, 11) is -1.12. The minimum absolute atomic E-state index is 0.891. The maximum atomic E-state index is 3.86. The lowest BCUT2D eigenvalue weighted by Crippen LogP contribution is -2.44. The molecule has 14 heavy (non-hydrogen) atoms. The lowest BCUT2D eigenvalue weighted by molar-refractivity contribution is 0.792. The summed E-state index contributed by atoms with van der Waals surface area (Å²) in [6, 6.07) is 1.42. The van der Waals surface area contributed by atoms with Gasteiger partial charge in [-0.1, -0.05) is 70.3 Å². The van der Waals surface area contributed by atoms with Gasteiger partial charge in [0, 0.05) is 0 Å². The summed E-state index contributed by atoms with van der Waals surface area (Å²) >= 11 is 0. The molecule has 0 amide bonds. The summed E-state index contributed by atoms with van der Waals surface area (Å²) in [6.07, 6.45) is 3.30. The second-order valence-electron chi connectivity index (χ2n) is 5.40. The fourth-order valence-corrected chi connectivity index (χ4v) is 9.65. The van der Waals surface area contributed by atoms with Gasteiger partial charge in [-0.25, -0.2) is 0 Å². The summed E-state index contributed by atoms with van der Waals surface area (Å²) in [5, 5.41) is 0. The first-order valence-corrected chi connectivity index (χ1v) is 8.44. The standard InChI is InChI=1S/C13H28Si/c1-8-9-10-14(11(2)3,12(4)5)13(6)7/h8,11-13H,1,9-10H2,2-7H3. The lowest BCUT2D eigenvalue weighted by atomic mass is 10.5. The van der Waals surface area contributed by atoms with E-state index in [1.54, 1.807) is 0 Å². The van der Waals surface area contributed by atoms with E-state index >= 15 is 0 Å². The molecule has 0 aliphatic heterocycles. The van der Waals surface area contributed by atoms with Crippen LogP contribution in [0, 0.1) is 0 Å². The Bertz CT molecular complexity index is 146. The molecular formula is C13H28Si. The first kappa shape index (κ1) is 14.0. The predicted octanol–water partition coefficient (Wildman–Crippen LogP) is 5.24. The van der Waals surface area contributed by atoms with Crippen LogP contribution in [-0.4, -0.2) is 8.07 Å². The third-order valence-corrected chi connectivity index (χ3v) is 11.6. The highest BCUT2D eigenvalue weighted by Gasteiger charge is 2.41. The zero-order chi connectivity index (χ0) is 11.4. The van der Waals surface area contributed by atoms with Gasteiger partial charge in [0.2, 0.25) is 0 Å². The second kappa shape index (κ2) is 5.74. The Hall–Kier alpha value is -0.0431. The summed E-state index contributed by atoms with van der Waals surface area (Å²) in [5.41, 5.74) is 2.67. The van der Waals surface area contributed by atoms with Gasteiger partial charge < -0.3 is 0 Å². The van der Waals surface area contributed by atoms with Crippen LogP contribution in [0.3, 0.4) is 0 Å². The van der Waals surface area contributed by atoms with Gasteiger partial charge in [-0.3, -0.25) is 0 Å². The van der Waals surface area contributed by atoms with Crippen LogP contribution in [-0.2, 0) is 0 Å². The van der Waals surface area contributed by atoms with E-state index < -0.39 is 8.07 Å². The average molecular weight is 212 g/mol. The summed E-state index contributed by atoms with van der Waals surface area (Å²) < 4.78 is 0. The van der Waals surface area contributed by atoms with Crippen LogP contribution in [0.1, 0.15) is 48.0 Å². The molecule has 0 bridgehead atoms. The Kier molecular flexibility index (Phi) is 5.73. The van der Waals surface area contributed by atoms with E-state index in [9.17, 15) is 0 Å². The van der Waals surface area contributed by atoms with Gasteiger partial charge in [0.25, 0.3) is 0 Å². The first-order chi connectivity index (χ1) is 6.39. The van der Waals surface area contributed by atoms with E-state index in [1.807, 2.05) is 0 Å². The Morgan fingerprint density at radius 2 is 1.29 bits per heavy atom. The fraction of sp³-hybridized carbons (Fsp3) is 0.846. The maximum absolute atomic E-state index is 3.86. The van der Waals surface area contributed by atoms with Crippen LogP contribution in [0.25, 0.3) is 0 Å². The third-order valence-electron chi connectivity index (χ3n) is 4.01.